The Morgan fingerprint density at radius 2 is 1.92 bits per heavy atom. The third-order valence-corrected chi connectivity index (χ3v) is 6.11. The minimum absolute atomic E-state index is 0. The largest absolute Gasteiger partial charge is 0.383 e. The highest BCUT2D eigenvalue weighted by Crippen LogP contribution is 2.25. The maximum atomic E-state index is 12.9. The van der Waals surface area contributed by atoms with E-state index in [1.54, 1.807) is 37.4 Å². The zero-order valence-electron chi connectivity index (χ0n) is 15.0. The molecule has 1 atom stereocenters. The van der Waals surface area contributed by atoms with E-state index in [-0.39, 0.29) is 23.2 Å². The van der Waals surface area contributed by atoms with Crippen molar-refractivity contribution in [3.8, 4) is 0 Å². The van der Waals surface area contributed by atoms with Crippen molar-refractivity contribution in [3.63, 3.8) is 0 Å². The van der Waals surface area contributed by atoms with Crippen LogP contribution in [0.25, 0.3) is 0 Å². The standard InChI is InChI=1S/C17H27N3O4S.ClH/c1-24-14-12-18-10-11-19-17(21)16-9-5-6-13-20(16)25(22,23)15-7-3-2-4-8-15;/h2-4,7-8,16,18H,5-6,9-14H2,1H3,(H,19,21);1H. The molecule has 1 aromatic carbocycles. The van der Waals surface area contributed by atoms with Gasteiger partial charge in [-0.3, -0.25) is 4.79 Å². The van der Waals surface area contributed by atoms with Gasteiger partial charge in [-0.1, -0.05) is 24.6 Å². The van der Waals surface area contributed by atoms with E-state index < -0.39 is 16.1 Å². The van der Waals surface area contributed by atoms with E-state index in [0.29, 0.717) is 39.2 Å². The van der Waals surface area contributed by atoms with Gasteiger partial charge in [-0.05, 0) is 25.0 Å². The Hall–Kier alpha value is -1.19. The number of carbonyl (C=O) groups excluding carboxylic acids is 1. The van der Waals surface area contributed by atoms with E-state index in [0.717, 1.165) is 12.8 Å². The molecule has 0 bridgehead atoms. The summed E-state index contributed by atoms with van der Waals surface area (Å²) < 4.78 is 32.0. The van der Waals surface area contributed by atoms with Crippen LogP contribution >= 0.6 is 12.4 Å². The minimum atomic E-state index is -3.66. The second kappa shape index (κ2) is 11.5. The van der Waals surface area contributed by atoms with Gasteiger partial charge in [0.15, 0.2) is 0 Å². The molecule has 1 aromatic rings. The van der Waals surface area contributed by atoms with Crippen LogP contribution in [0.4, 0.5) is 0 Å². The van der Waals surface area contributed by atoms with Gasteiger partial charge in [0.1, 0.15) is 6.04 Å². The lowest BCUT2D eigenvalue weighted by Crippen LogP contribution is -2.52. The number of ether oxygens (including phenoxy) is 1. The summed E-state index contributed by atoms with van der Waals surface area (Å²) >= 11 is 0. The molecule has 1 saturated heterocycles. The third kappa shape index (κ3) is 6.21. The average molecular weight is 406 g/mol. The van der Waals surface area contributed by atoms with Crippen molar-refractivity contribution in [2.24, 2.45) is 0 Å². The SMILES string of the molecule is COCCNCCNC(=O)C1CCCCN1S(=O)(=O)c1ccccc1.Cl. The molecule has 9 heteroatoms. The monoisotopic (exact) mass is 405 g/mol. The number of nitrogens with one attached hydrogen (secondary N) is 2. The number of hydrogen-bond donors (Lipinski definition) is 2. The molecule has 0 radical (unpaired) electrons. The first-order chi connectivity index (χ1) is 12.1. The Balaban J connectivity index is 0.00000338. The topological polar surface area (TPSA) is 87.7 Å². The molecule has 2 rings (SSSR count). The summed E-state index contributed by atoms with van der Waals surface area (Å²) in [6, 6.07) is 7.65. The number of amides is 1. The summed E-state index contributed by atoms with van der Waals surface area (Å²) in [6.45, 7) is 2.77. The van der Waals surface area contributed by atoms with Gasteiger partial charge in [-0.25, -0.2) is 8.42 Å². The first-order valence-corrected chi connectivity index (χ1v) is 10.1. The van der Waals surface area contributed by atoms with E-state index in [4.69, 9.17) is 4.74 Å². The number of rotatable bonds is 9. The van der Waals surface area contributed by atoms with Gasteiger partial charge in [0.25, 0.3) is 0 Å². The van der Waals surface area contributed by atoms with Crippen molar-refractivity contribution in [1.29, 1.82) is 0 Å². The summed E-state index contributed by atoms with van der Waals surface area (Å²) in [5.74, 6) is -0.229. The molecule has 1 unspecified atom stereocenters. The van der Waals surface area contributed by atoms with Gasteiger partial charge in [-0.2, -0.15) is 4.31 Å². The highest BCUT2D eigenvalue weighted by Gasteiger charge is 2.37. The predicted octanol–water partition coefficient (Wildman–Crippen LogP) is 1.00. The normalized spacial score (nSPS) is 18.1. The van der Waals surface area contributed by atoms with Crippen LogP contribution in [-0.4, -0.2) is 64.6 Å². The summed E-state index contributed by atoms with van der Waals surface area (Å²) in [7, 11) is -2.03. The average Bonchev–Trinajstić information content (AvgIpc) is 2.65. The number of nitrogens with zero attached hydrogens (tertiary/aromatic N) is 1. The van der Waals surface area contributed by atoms with Crippen LogP contribution in [0.15, 0.2) is 35.2 Å². The number of methoxy groups -OCH3 is 1. The second-order valence-electron chi connectivity index (χ2n) is 5.97. The van der Waals surface area contributed by atoms with Crippen molar-refractivity contribution in [3.05, 3.63) is 30.3 Å². The van der Waals surface area contributed by atoms with Gasteiger partial charge in [0.05, 0.1) is 11.5 Å². The Bertz CT molecular complexity index is 643. The van der Waals surface area contributed by atoms with Gasteiger partial charge >= 0.3 is 0 Å². The molecule has 26 heavy (non-hydrogen) atoms. The van der Waals surface area contributed by atoms with E-state index >= 15 is 0 Å². The van der Waals surface area contributed by atoms with Crippen LogP contribution in [0.2, 0.25) is 0 Å². The van der Waals surface area contributed by atoms with Gasteiger partial charge in [0.2, 0.25) is 15.9 Å². The van der Waals surface area contributed by atoms with Crippen molar-refractivity contribution in [2.45, 2.75) is 30.2 Å². The number of piperidine rings is 1. The van der Waals surface area contributed by atoms with Crippen molar-refractivity contribution in [1.82, 2.24) is 14.9 Å². The van der Waals surface area contributed by atoms with E-state index in [2.05, 4.69) is 10.6 Å². The fourth-order valence-corrected chi connectivity index (χ4v) is 4.55. The number of halogens is 1. The molecule has 2 N–H and O–H groups in total. The predicted molar refractivity (Wildman–Crippen MR) is 103 cm³/mol. The van der Waals surface area contributed by atoms with E-state index in [9.17, 15) is 13.2 Å². The van der Waals surface area contributed by atoms with Gasteiger partial charge in [0, 0.05) is 33.3 Å². The molecular formula is C17H28ClN3O4S. The molecule has 0 aliphatic carbocycles. The molecular weight excluding hydrogens is 378 g/mol. The molecule has 148 valence electrons. The highest BCUT2D eigenvalue weighted by atomic mass is 35.5. The Morgan fingerprint density at radius 1 is 1.19 bits per heavy atom. The van der Waals surface area contributed by atoms with Crippen LogP contribution < -0.4 is 10.6 Å². The fourth-order valence-electron chi connectivity index (χ4n) is 2.87. The lowest BCUT2D eigenvalue weighted by Gasteiger charge is -2.33. The fraction of sp³-hybridized carbons (Fsp3) is 0.588. The molecule has 1 aliphatic heterocycles. The van der Waals surface area contributed by atoms with Crippen LogP contribution in [0.3, 0.4) is 0 Å². The van der Waals surface area contributed by atoms with Crippen LogP contribution in [0, 0.1) is 0 Å². The molecule has 1 amide bonds. The van der Waals surface area contributed by atoms with Crippen molar-refractivity contribution >= 4 is 28.3 Å². The Labute approximate surface area is 161 Å². The Morgan fingerprint density at radius 3 is 2.62 bits per heavy atom. The maximum Gasteiger partial charge on any atom is 0.243 e. The summed E-state index contributed by atoms with van der Waals surface area (Å²) in [5, 5.41) is 5.97. The van der Waals surface area contributed by atoms with Crippen LogP contribution in [0.5, 0.6) is 0 Å². The minimum Gasteiger partial charge on any atom is -0.383 e. The molecule has 0 aromatic heterocycles. The van der Waals surface area contributed by atoms with Crippen LogP contribution in [-0.2, 0) is 19.6 Å². The van der Waals surface area contributed by atoms with Crippen LogP contribution in [0.1, 0.15) is 19.3 Å². The zero-order valence-corrected chi connectivity index (χ0v) is 16.7. The Kier molecular flexibility index (Phi) is 10.1. The zero-order chi connectivity index (χ0) is 18.1. The summed E-state index contributed by atoms with van der Waals surface area (Å²) in [5.41, 5.74) is 0. The number of benzene rings is 1. The van der Waals surface area contributed by atoms with Gasteiger partial charge in [-0.15, -0.1) is 12.4 Å². The lowest BCUT2D eigenvalue weighted by molar-refractivity contribution is -0.125. The number of sulfonamides is 1. The van der Waals surface area contributed by atoms with Crippen molar-refractivity contribution < 1.29 is 17.9 Å². The number of hydrogen-bond acceptors (Lipinski definition) is 5. The first-order valence-electron chi connectivity index (χ1n) is 8.61. The third-order valence-electron chi connectivity index (χ3n) is 4.19. The molecule has 0 spiro atoms. The van der Waals surface area contributed by atoms with E-state index in [1.165, 1.54) is 4.31 Å². The highest BCUT2D eigenvalue weighted by molar-refractivity contribution is 7.89. The van der Waals surface area contributed by atoms with E-state index in [1.807, 2.05) is 0 Å². The molecule has 1 heterocycles. The van der Waals surface area contributed by atoms with Crippen molar-refractivity contribution in [2.75, 3.05) is 39.9 Å². The maximum absolute atomic E-state index is 12.9. The number of carbonyl (C=O) groups is 1. The molecule has 0 saturated carbocycles. The van der Waals surface area contributed by atoms with Gasteiger partial charge < -0.3 is 15.4 Å². The molecule has 1 fully saturated rings. The molecule has 7 nitrogen and oxygen atoms in total. The lowest BCUT2D eigenvalue weighted by atomic mass is 10.0. The quantitative estimate of drug-likeness (QED) is 0.598. The summed E-state index contributed by atoms with van der Waals surface area (Å²) in [4.78, 5) is 12.7. The smallest absolute Gasteiger partial charge is 0.243 e. The second-order valence-corrected chi connectivity index (χ2v) is 7.86. The molecule has 1 aliphatic rings. The first kappa shape index (κ1) is 22.9. The summed E-state index contributed by atoms with van der Waals surface area (Å²) in [6.07, 6.45) is 2.18.